The molecule has 3 rings (SSSR count). The Balaban J connectivity index is 1.61. The molecule has 2 fully saturated rings. The average molecular weight is 283 g/mol. The summed E-state index contributed by atoms with van der Waals surface area (Å²) < 4.78 is 5.31. The van der Waals surface area contributed by atoms with Gasteiger partial charge in [-0.2, -0.15) is 0 Å². The Kier molecular flexibility index (Phi) is 3.66. The predicted octanol–water partition coefficient (Wildman–Crippen LogP) is 2.15. The highest BCUT2D eigenvalue weighted by Gasteiger charge is 2.33. The van der Waals surface area contributed by atoms with Gasteiger partial charge in [0.15, 0.2) is 6.10 Å². The molecule has 1 amide bonds. The van der Waals surface area contributed by atoms with Gasteiger partial charge in [0.25, 0.3) is 5.91 Å². The van der Waals surface area contributed by atoms with Crippen LogP contribution in [0.3, 0.4) is 0 Å². The molecule has 1 atom stereocenters. The first kappa shape index (κ1) is 13.7. The lowest BCUT2D eigenvalue weighted by atomic mass is 10.1. The number of nitrogens with one attached hydrogen (secondary N) is 1. The van der Waals surface area contributed by atoms with Gasteiger partial charge in [-0.25, -0.2) is 4.79 Å². The molecule has 0 radical (unpaired) electrons. The van der Waals surface area contributed by atoms with E-state index in [-0.39, 0.29) is 5.91 Å². The minimum Gasteiger partial charge on any atom is -0.445 e. The molecule has 108 valence electrons. The molecule has 4 nitrogen and oxygen atoms in total. The number of terminal acetylenes is 1. The summed E-state index contributed by atoms with van der Waals surface area (Å²) in [6.07, 6.45) is 9.07. The maximum Gasteiger partial charge on any atom is 0.339 e. The van der Waals surface area contributed by atoms with E-state index in [9.17, 15) is 9.59 Å². The van der Waals surface area contributed by atoms with Crippen molar-refractivity contribution in [3.63, 3.8) is 0 Å². The van der Waals surface area contributed by atoms with Crippen molar-refractivity contribution < 1.29 is 14.3 Å². The van der Waals surface area contributed by atoms with Crippen molar-refractivity contribution in [2.24, 2.45) is 5.92 Å². The van der Waals surface area contributed by atoms with Crippen molar-refractivity contribution in [2.45, 2.75) is 37.8 Å². The van der Waals surface area contributed by atoms with Gasteiger partial charge in [-0.1, -0.05) is 5.92 Å². The molecule has 0 aliphatic heterocycles. The number of hydrogen-bond donors (Lipinski definition) is 1. The second-order valence-electron chi connectivity index (χ2n) is 5.66. The fourth-order valence-corrected chi connectivity index (χ4v) is 2.10. The van der Waals surface area contributed by atoms with Crippen LogP contribution in [-0.2, 0) is 4.74 Å². The molecule has 0 spiro atoms. The highest BCUT2D eigenvalue weighted by molar-refractivity contribution is 5.96. The van der Waals surface area contributed by atoms with Crippen molar-refractivity contribution in [3.05, 3.63) is 35.4 Å². The van der Waals surface area contributed by atoms with Crippen LogP contribution in [0.15, 0.2) is 24.3 Å². The monoisotopic (exact) mass is 283 g/mol. The van der Waals surface area contributed by atoms with Gasteiger partial charge in [-0.05, 0) is 49.9 Å². The number of carbonyl (C=O) groups is 2. The predicted molar refractivity (Wildman–Crippen MR) is 77.7 cm³/mol. The van der Waals surface area contributed by atoms with Crippen molar-refractivity contribution in [3.8, 4) is 12.3 Å². The third kappa shape index (κ3) is 3.43. The molecule has 0 bridgehead atoms. The maximum absolute atomic E-state index is 12.0. The van der Waals surface area contributed by atoms with E-state index in [0.29, 0.717) is 23.1 Å². The van der Waals surface area contributed by atoms with Crippen molar-refractivity contribution >= 4 is 11.9 Å². The van der Waals surface area contributed by atoms with E-state index >= 15 is 0 Å². The Morgan fingerprint density at radius 1 is 1.14 bits per heavy atom. The van der Waals surface area contributed by atoms with Gasteiger partial charge in [0.1, 0.15) is 0 Å². The van der Waals surface area contributed by atoms with E-state index in [2.05, 4.69) is 11.2 Å². The van der Waals surface area contributed by atoms with Gasteiger partial charge in [-0.3, -0.25) is 4.79 Å². The lowest BCUT2D eigenvalue weighted by molar-refractivity contribution is 0.0374. The van der Waals surface area contributed by atoms with Gasteiger partial charge < -0.3 is 10.1 Å². The number of ether oxygens (including phenoxy) is 1. The van der Waals surface area contributed by atoms with Crippen LogP contribution in [0.25, 0.3) is 0 Å². The number of rotatable bonds is 5. The van der Waals surface area contributed by atoms with Crippen LogP contribution < -0.4 is 5.32 Å². The summed E-state index contributed by atoms with van der Waals surface area (Å²) in [5.74, 6) is 2.29. The number of amides is 1. The average Bonchev–Trinajstić information content (AvgIpc) is 3.37. The zero-order valence-corrected chi connectivity index (χ0v) is 11.7. The van der Waals surface area contributed by atoms with Gasteiger partial charge in [0, 0.05) is 17.5 Å². The van der Waals surface area contributed by atoms with E-state index < -0.39 is 12.1 Å². The molecule has 4 heteroatoms. The van der Waals surface area contributed by atoms with E-state index in [1.165, 1.54) is 0 Å². The summed E-state index contributed by atoms with van der Waals surface area (Å²) >= 11 is 0. The SMILES string of the molecule is C#CC(OC(=O)c1ccc(C(=O)NC2CC2)cc1)C1CC1. The second-order valence-corrected chi connectivity index (χ2v) is 5.66. The highest BCUT2D eigenvalue weighted by atomic mass is 16.5. The van der Waals surface area contributed by atoms with Crippen LogP contribution in [0.2, 0.25) is 0 Å². The molecule has 0 heterocycles. The third-order valence-electron chi connectivity index (χ3n) is 3.74. The zero-order chi connectivity index (χ0) is 14.8. The van der Waals surface area contributed by atoms with E-state index in [1.54, 1.807) is 24.3 Å². The van der Waals surface area contributed by atoms with Gasteiger partial charge >= 0.3 is 5.97 Å². The summed E-state index contributed by atoms with van der Waals surface area (Å²) in [6, 6.07) is 6.79. The standard InChI is InChI=1S/C17H17NO3/c1-2-15(11-3-4-11)21-17(20)13-7-5-12(6-8-13)16(19)18-14-9-10-14/h1,5-8,11,14-15H,3-4,9-10H2,(H,18,19). The lowest BCUT2D eigenvalue weighted by Crippen LogP contribution is -2.25. The summed E-state index contributed by atoms with van der Waals surface area (Å²) in [4.78, 5) is 23.8. The smallest absolute Gasteiger partial charge is 0.339 e. The Hall–Kier alpha value is -2.28. The summed E-state index contributed by atoms with van der Waals surface area (Å²) in [7, 11) is 0. The fourth-order valence-electron chi connectivity index (χ4n) is 2.10. The quantitative estimate of drug-likeness (QED) is 0.665. The molecule has 2 aliphatic carbocycles. The van der Waals surface area contributed by atoms with E-state index in [1.807, 2.05) is 0 Å². The number of hydrogen-bond acceptors (Lipinski definition) is 3. The van der Waals surface area contributed by atoms with Crippen molar-refractivity contribution in [1.82, 2.24) is 5.32 Å². The van der Waals surface area contributed by atoms with E-state index in [4.69, 9.17) is 11.2 Å². The molecule has 2 saturated carbocycles. The number of esters is 1. The summed E-state index contributed by atoms with van der Waals surface area (Å²) in [6.45, 7) is 0. The first-order valence-corrected chi connectivity index (χ1v) is 7.25. The van der Waals surface area contributed by atoms with Crippen LogP contribution >= 0.6 is 0 Å². The molecule has 21 heavy (non-hydrogen) atoms. The van der Waals surface area contributed by atoms with Crippen LogP contribution in [0.1, 0.15) is 46.4 Å². The summed E-state index contributed by atoms with van der Waals surface area (Å²) in [5.41, 5.74) is 0.966. The maximum atomic E-state index is 12.0. The third-order valence-corrected chi connectivity index (χ3v) is 3.74. The van der Waals surface area contributed by atoms with Crippen LogP contribution in [0.4, 0.5) is 0 Å². The normalized spacial score (nSPS) is 18.4. The van der Waals surface area contributed by atoms with Crippen LogP contribution in [0, 0.1) is 18.3 Å². The molecular formula is C17H17NO3. The van der Waals surface area contributed by atoms with Crippen molar-refractivity contribution in [1.29, 1.82) is 0 Å². The number of carbonyl (C=O) groups excluding carboxylic acids is 2. The first-order chi connectivity index (χ1) is 10.2. The van der Waals surface area contributed by atoms with Crippen molar-refractivity contribution in [2.75, 3.05) is 0 Å². The Morgan fingerprint density at radius 3 is 2.29 bits per heavy atom. The fraction of sp³-hybridized carbons (Fsp3) is 0.412. The van der Waals surface area contributed by atoms with Gasteiger partial charge in [0.2, 0.25) is 0 Å². The largest absolute Gasteiger partial charge is 0.445 e. The molecular weight excluding hydrogens is 266 g/mol. The lowest BCUT2D eigenvalue weighted by Gasteiger charge is -2.11. The molecule has 1 aromatic carbocycles. The molecule has 1 N–H and O–H groups in total. The highest BCUT2D eigenvalue weighted by Crippen LogP contribution is 2.34. The van der Waals surface area contributed by atoms with Gasteiger partial charge in [0.05, 0.1) is 5.56 Å². The second kappa shape index (κ2) is 5.61. The first-order valence-electron chi connectivity index (χ1n) is 7.25. The van der Waals surface area contributed by atoms with Crippen LogP contribution in [-0.4, -0.2) is 24.0 Å². The van der Waals surface area contributed by atoms with Gasteiger partial charge in [-0.15, -0.1) is 6.42 Å². The molecule has 0 saturated heterocycles. The minimum absolute atomic E-state index is 0.100. The molecule has 0 aromatic heterocycles. The molecule has 1 aromatic rings. The summed E-state index contributed by atoms with van der Waals surface area (Å²) in [5, 5.41) is 2.90. The molecule has 1 unspecified atom stereocenters. The Labute approximate surface area is 123 Å². The molecule has 2 aliphatic rings. The zero-order valence-electron chi connectivity index (χ0n) is 11.7. The van der Waals surface area contributed by atoms with Crippen LogP contribution in [0.5, 0.6) is 0 Å². The minimum atomic E-state index is -0.435. The van der Waals surface area contributed by atoms with E-state index in [0.717, 1.165) is 25.7 Å². The Bertz CT molecular complexity index is 591. The Morgan fingerprint density at radius 2 is 1.76 bits per heavy atom. The number of benzene rings is 1. The topological polar surface area (TPSA) is 55.4 Å².